The van der Waals surface area contributed by atoms with Crippen LogP contribution < -0.4 is 10.5 Å². The minimum Gasteiger partial charge on any atom is -0.489 e. The van der Waals surface area contributed by atoms with Gasteiger partial charge in [-0.2, -0.15) is 0 Å². The van der Waals surface area contributed by atoms with Gasteiger partial charge >= 0.3 is 0 Å². The summed E-state index contributed by atoms with van der Waals surface area (Å²) in [6, 6.07) is 38.0. The summed E-state index contributed by atoms with van der Waals surface area (Å²) in [5.41, 5.74) is 10.9. The van der Waals surface area contributed by atoms with Crippen LogP contribution in [0.1, 0.15) is 60.3 Å². The largest absolute Gasteiger partial charge is 0.489 e. The average Bonchev–Trinajstić information content (AvgIpc) is 3.04. The highest BCUT2D eigenvalue weighted by Crippen LogP contribution is 2.42. The van der Waals surface area contributed by atoms with Crippen molar-refractivity contribution >= 4 is 16.8 Å². The molecule has 0 aliphatic heterocycles. The highest BCUT2D eigenvalue weighted by molar-refractivity contribution is 6.10. The Kier molecular flexibility index (Phi) is 9.07. The first kappa shape index (κ1) is 28.1. The van der Waals surface area contributed by atoms with Gasteiger partial charge in [0.15, 0.2) is 5.75 Å². The summed E-state index contributed by atoms with van der Waals surface area (Å²) in [6.07, 6.45) is 1.51. The Bertz CT molecular complexity index is 1530. The second-order valence-corrected chi connectivity index (χ2v) is 10.1. The zero-order valence-corrected chi connectivity index (χ0v) is 23.7. The molecule has 0 radical (unpaired) electrons. The number of ether oxygens (including phenoxy) is 1. The Morgan fingerprint density at radius 1 is 0.756 bits per heavy atom. The van der Waals surface area contributed by atoms with E-state index in [1.54, 1.807) is 0 Å². The number of hydrogen-bond acceptors (Lipinski definition) is 4. The van der Waals surface area contributed by atoms with Crippen molar-refractivity contribution in [2.75, 3.05) is 13.2 Å². The summed E-state index contributed by atoms with van der Waals surface area (Å²) >= 11 is 0. The van der Waals surface area contributed by atoms with Gasteiger partial charge in [0.25, 0.3) is 5.91 Å². The number of pyridine rings is 1. The second kappa shape index (κ2) is 13.2. The molecule has 0 fully saturated rings. The molecular formula is C36H37N3O2. The van der Waals surface area contributed by atoms with Crippen molar-refractivity contribution in [3.8, 4) is 17.0 Å². The number of carbonyl (C=O) groups excluding carboxylic acids is 1. The van der Waals surface area contributed by atoms with E-state index < -0.39 is 0 Å². The molecule has 2 N–H and O–H groups in total. The minimum atomic E-state index is -0.150. The van der Waals surface area contributed by atoms with E-state index >= 15 is 4.79 Å². The van der Waals surface area contributed by atoms with Crippen molar-refractivity contribution in [2.24, 2.45) is 5.73 Å². The Labute approximate surface area is 242 Å². The van der Waals surface area contributed by atoms with Gasteiger partial charge in [-0.05, 0) is 30.0 Å². The van der Waals surface area contributed by atoms with Crippen LogP contribution in [0.3, 0.4) is 0 Å². The first-order chi connectivity index (χ1) is 20.2. The highest BCUT2D eigenvalue weighted by Gasteiger charge is 2.35. The zero-order valence-electron chi connectivity index (χ0n) is 23.7. The van der Waals surface area contributed by atoms with Crippen LogP contribution in [0.2, 0.25) is 0 Å². The molecule has 0 spiro atoms. The predicted octanol–water partition coefficient (Wildman–Crippen LogP) is 7.98. The molecule has 4 aromatic carbocycles. The van der Waals surface area contributed by atoms with Crippen LogP contribution in [-0.2, 0) is 0 Å². The van der Waals surface area contributed by atoms with Crippen LogP contribution in [0.15, 0.2) is 115 Å². The van der Waals surface area contributed by atoms with Gasteiger partial charge in [0.05, 0.1) is 23.2 Å². The lowest BCUT2D eigenvalue weighted by Crippen LogP contribution is -2.38. The van der Waals surface area contributed by atoms with Gasteiger partial charge in [-0.3, -0.25) is 4.79 Å². The average molecular weight is 544 g/mol. The SMILES string of the molecule is CCC(c1ccccc1)N(C(=O)c1c(OCCN)c(-c2ccccc2)nc2ccccc12)[C@@H](CC)c1ccccc1. The number of carbonyl (C=O) groups is 1. The Balaban J connectivity index is 1.80. The lowest BCUT2D eigenvalue weighted by molar-refractivity contribution is 0.0546. The third-order valence-corrected chi connectivity index (χ3v) is 7.52. The molecule has 5 nitrogen and oxygen atoms in total. The zero-order chi connectivity index (χ0) is 28.6. The summed E-state index contributed by atoms with van der Waals surface area (Å²) in [5.74, 6) is 0.389. The maximum atomic E-state index is 15.3. The Hall–Kier alpha value is -4.48. The molecule has 5 aromatic rings. The van der Waals surface area contributed by atoms with Crippen molar-refractivity contribution in [3.63, 3.8) is 0 Å². The van der Waals surface area contributed by atoms with E-state index in [4.69, 9.17) is 15.5 Å². The van der Waals surface area contributed by atoms with Gasteiger partial charge < -0.3 is 15.4 Å². The van der Waals surface area contributed by atoms with Gasteiger partial charge in [-0.1, -0.05) is 123 Å². The number of nitrogens with two attached hydrogens (primary N) is 1. The monoisotopic (exact) mass is 543 g/mol. The summed E-state index contributed by atoms with van der Waals surface area (Å²) in [6.45, 7) is 4.87. The fourth-order valence-corrected chi connectivity index (χ4v) is 5.67. The standard InChI is InChI=1S/C36H37N3O2/c1-3-31(26-16-8-5-9-17-26)39(32(4-2)27-18-10-6-11-19-27)36(40)33-29-22-14-15-23-30(29)38-34(35(33)41-25-24-37)28-20-12-7-13-21-28/h5-23,31-32H,3-4,24-25,37H2,1-2H3/t31-,32?/m0/s1. The Morgan fingerprint density at radius 3 is 1.80 bits per heavy atom. The third kappa shape index (κ3) is 5.86. The van der Waals surface area contributed by atoms with Gasteiger partial charge in [0, 0.05) is 17.5 Å². The highest BCUT2D eigenvalue weighted by atomic mass is 16.5. The summed E-state index contributed by atoms with van der Waals surface area (Å²) in [4.78, 5) is 22.3. The lowest BCUT2D eigenvalue weighted by atomic mass is 9.93. The van der Waals surface area contributed by atoms with E-state index in [9.17, 15) is 0 Å². The van der Waals surface area contributed by atoms with Crippen molar-refractivity contribution in [2.45, 2.75) is 38.8 Å². The van der Waals surface area contributed by atoms with Crippen molar-refractivity contribution in [1.29, 1.82) is 0 Å². The smallest absolute Gasteiger partial charge is 0.259 e. The lowest BCUT2D eigenvalue weighted by Gasteiger charge is -2.39. The normalized spacial score (nSPS) is 12.6. The molecule has 208 valence electrons. The molecule has 0 bridgehead atoms. The van der Waals surface area contributed by atoms with Crippen LogP contribution in [-0.4, -0.2) is 28.9 Å². The van der Waals surface area contributed by atoms with E-state index in [-0.39, 0.29) is 24.6 Å². The maximum Gasteiger partial charge on any atom is 0.259 e. The van der Waals surface area contributed by atoms with E-state index in [1.165, 1.54) is 0 Å². The summed E-state index contributed by atoms with van der Waals surface area (Å²) in [5, 5.41) is 0.764. The maximum absolute atomic E-state index is 15.3. The number of hydrogen-bond donors (Lipinski definition) is 1. The molecule has 1 heterocycles. The van der Waals surface area contributed by atoms with Gasteiger partial charge in [0.1, 0.15) is 12.3 Å². The third-order valence-electron chi connectivity index (χ3n) is 7.52. The topological polar surface area (TPSA) is 68.5 Å². The molecule has 0 aliphatic carbocycles. The fourth-order valence-electron chi connectivity index (χ4n) is 5.67. The number of aromatic nitrogens is 1. The molecule has 1 aromatic heterocycles. The van der Waals surface area contributed by atoms with Gasteiger partial charge in [0.2, 0.25) is 0 Å². The van der Waals surface area contributed by atoms with E-state index in [1.807, 2.05) is 91.0 Å². The van der Waals surface area contributed by atoms with E-state index in [0.29, 0.717) is 23.6 Å². The molecule has 1 unspecified atom stereocenters. The fraction of sp³-hybridized carbons (Fsp3) is 0.222. The molecule has 41 heavy (non-hydrogen) atoms. The minimum absolute atomic E-state index is 0.0841. The molecule has 0 saturated heterocycles. The molecule has 0 aliphatic rings. The molecule has 5 heteroatoms. The second-order valence-electron chi connectivity index (χ2n) is 10.1. The van der Waals surface area contributed by atoms with Crippen molar-refractivity contribution in [3.05, 3.63) is 132 Å². The predicted molar refractivity (Wildman–Crippen MR) is 167 cm³/mol. The van der Waals surface area contributed by atoms with Crippen molar-refractivity contribution < 1.29 is 9.53 Å². The molecular weight excluding hydrogens is 506 g/mol. The van der Waals surface area contributed by atoms with Crippen LogP contribution in [0.25, 0.3) is 22.2 Å². The first-order valence-electron chi connectivity index (χ1n) is 14.4. The summed E-state index contributed by atoms with van der Waals surface area (Å²) in [7, 11) is 0. The quantitative estimate of drug-likeness (QED) is 0.183. The number of amides is 1. The Morgan fingerprint density at radius 2 is 1.27 bits per heavy atom. The molecule has 2 atom stereocenters. The van der Waals surface area contributed by atoms with E-state index in [0.717, 1.165) is 40.4 Å². The van der Waals surface area contributed by atoms with Gasteiger partial charge in [-0.15, -0.1) is 0 Å². The molecule has 5 rings (SSSR count). The van der Waals surface area contributed by atoms with Crippen LogP contribution in [0, 0.1) is 0 Å². The van der Waals surface area contributed by atoms with Crippen LogP contribution in [0.5, 0.6) is 5.75 Å². The van der Waals surface area contributed by atoms with E-state index in [2.05, 4.69) is 43.0 Å². The molecule has 0 saturated carbocycles. The first-order valence-corrected chi connectivity index (χ1v) is 14.4. The van der Waals surface area contributed by atoms with Crippen LogP contribution in [0.4, 0.5) is 0 Å². The summed E-state index contributed by atoms with van der Waals surface area (Å²) < 4.78 is 6.35. The number of nitrogens with zero attached hydrogens (tertiary/aromatic N) is 2. The molecule has 1 amide bonds. The van der Waals surface area contributed by atoms with Crippen LogP contribution >= 0.6 is 0 Å². The number of para-hydroxylation sites is 1. The number of rotatable bonds is 11. The number of benzene rings is 4. The number of fused-ring (bicyclic) bond motifs is 1. The van der Waals surface area contributed by atoms with Crippen molar-refractivity contribution in [1.82, 2.24) is 9.88 Å². The van der Waals surface area contributed by atoms with Gasteiger partial charge in [-0.25, -0.2) is 4.98 Å².